The first-order valence-electron chi connectivity index (χ1n) is 5.84. The number of hydrogen-bond acceptors (Lipinski definition) is 4. The molecule has 1 aromatic heterocycles. The van der Waals surface area contributed by atoms with Crippen molar-refractivity contribution in [1.29, 1.82) is 0 Å². The molecule has 0 bridgehead atoms. The van der Waals surface area contributed by atoms with Crippen LogP contribution in [0.1, 0.15) is 11.3 Å². The summed E-state index contributed by atoms with van der Waals surface area (Å²) in [6.45, 7) is 0.340. The Bertz CT molecular complexity index is 623. The number of anilines is 1. The van der Waals surface area contributed by atoms with Crippen LogP contribution in [-0.2, 0) is 22.2 Å². The van der Waals surface area contributed by atoms with Crippen molar-refractivity contribution >= 4 is 15.7 Å². The fourth-order valence-corrected chi connectivity index (χ4v) is 2.85. The monoisotopic (exact) mass is 280 g/mol. The van der Waals surface area contributed by atoms with Gasteiger partial charge in [-0.25, -0.2) is 18.1 Å². The molecule has 0 spiro atoms. The topological polar surface area (TPSA) is 101 Å². The molecular weight excluding hydrogens is 264 g/mol. The maximum absolute atomic E-state index is 11.9. The number of nitrogen functional groups attached to an aromatic ring is 1. The van der Waals surface area contributed by atoms with E-state index in [-0.39, 0.29) is 5.75 Å². The smallest absolute Gasteiger partial charge is 0.215 e. The molecule has 0 saturated heterocycles. The Kier molecular flexibility index (Phi) is 4.18. The fourth-order valence-electron chi connectivity index (χ4n) is 1.72. The van der Waals surface area contributed by atoms with Gasteiger partial charge in [0.2, 0.25) is 10.0 Å². The van der Waals surface area contributed by atoms with E-state index >= 15 is 0 Å². The van der Waals surface area contributed by atoms with Crippen molar-refractivity contribution in [3.63, 3.8) is 0 Å². The molecular formula is C12H16N4O2S. The Morgan fingerprint density at radius 1 is 1.37 bits per heavy atom. The van der Waals surface area contributed by atoms with E-state index in [4.69, 9.17) is 5.73 Å². The summed E-state index contributed by atoms with van der Waals surface area (Å²) in [5.41, 5.74) is 7.75. The van der Waals surface area contributed by atoms with Crippen molar-refractivity contribution in [2.45, 2.75) is 12.2 Å². The number of H-pyrrole nitrogens is 1. The van der Waals surface area contributed by atoms with Gasteiger partial charge in [0.05, 0.1) is 12.1 Å². The zero-order chi connectivity index (χ0) is 13.7. The third-order valence-electron chi connectivity index (χ3n) is 2.58. The summed E-state index contributed by atoms with van der Waals surface area (Å²) in [7, 11) is -3.34. The number of aromatic nitrogens is 2. The Balaban J connectivity index is 1.88. The molecule has 4 N–H and O–H groups in total. The quantitative estimate of drug-likeness (QED) is 0.676. The maximum atomic E-state index is 11.9. The number of hydrogen-bond donors (Lipinski definition) is 3. The third kappa shape index (κ3) is 4.38. The van der Waals surface area contributed by atoms with Crippen LogP contribution in [0.3, 0.4) is 0 Å². The lowest BCUT2D eigenvalue weighted by Crippen LogP contribution is -2.27. The Hall–Kier alpha value is -1.86. The minimum atomic E-state index is -3.34. The average molecular weight is 280 g/mol. The number of nitrogens with two attached hydrogens (primary N) is 1. The summed E-state index contributed by atoms with van der Waals surface area (Å²) in [4.78, 5) is 6.79. The number of benzene rings is 1. The predicted molar refractivity (Wildman–Crippen MR) is 73.8 cm³/mol. The first kappa shape index (κ1) is 13.6. The van der Waals surface area contributed by atoms with E-state index in [0.717, 1.165) is 5.69 Å². The molecule has 0 saturated carbocycles. The van der Waals surface area contributed by atoms with E-state index in [9.17, 15) is 8.42 Å². The fraction of sp³-hybridized carbons (Fsp3) is 0.250. The summed E-state index contributed by atoms with van der Waals surface area (Å²) in [6, 6.07) is 6.87. The number of nitrogens with one attached hydrogen (secondary N) is 2. The zero-order valence-electron chi connectivity index (χ0n) is 10.3. The van der Waals surface area contributed by atoms with Crippen LogP contribution in [0.2, 0.25) is 0 Å². The van der Waals surface area contributed by atoms with Gasteiger partial charge in [-0.3, -0.25) is 0 Å². The minimum Gasteiger partial charge on any atom is -0.399 e. The lowest BCUT2D eigenvalue weighted by atomic mass is 10.2. The molecule has 2 aromatic rings. The van der Waals surface area contributed by atoms with Crippen molar-refractivity contribution in [2.75, 3.05) is 12.3 Å². The van der Waals surface area contributed by atoms with Gasteiger partial charge >= 0.3 is 0 Å². The van der Waals surface area contributed by atoms with Gasteiger partial charge in [-0.1, -0.05) is 12.1 Å². The molecule has 6 nitrogen and oxygen atoms in total. The molecule has 1 aromatic carbocycles. The molecule has 0 aliphatic carbocycles. The van der Waals surface area contributed by atoms with Crippen LogP contribution < -0.4 is 10.5 Å². The van der Waals surface area contributed by atoms with Gasteiger partial charge in [-0.2, -0.15) is 0 Å². The third-order valence-corrected chi connectivity index (χ3v) is 3.94. The van der Waals surface area contributed by atoms with Crippen LogP contribution >= 0.6 is 0 Å². The number of rotatable bonds is 6. The average Bonchev–Trinajstić information content (AvgIpc) is 2.81. The van der Waals surface area contributed by atoms with Crippen LogP contribution in [0, 0.1) is 0 Å². The molecule has 102 valence electrons. The highest BCUT2D eigenvalue weighted by Crippen LogP contribution is 2.09. The molecule has 0 radical (unpaired) electrons. The standard InChI is InChI=1S/C12H16N4O2S/c13-11-3-1-2-10(6-11)8-19(17,18)16-5-4-12-7-14-9-15-12/h1-3,6-7,9,16H,4-5,8,13H2,(H,14,15). The minimum absolute atomic E-state index is 0.0684. The number of imidazole rings is 1. The predicted octanol–water partition coefficient (Wildman–Crippen LogP) is 0.654. The van der Waals surface area contributed by atoms with Gasteiger partial charge in [0.25, 0.3) is 0 Å². The van der Waals surface area contributed by atoms with Crippen molar-refractivity contribution < 1.29 is 8.42 Å². The molecule has 0 unspecified atom stereocenters. The highest BCUT2D eigenvalue weighted by atomic mass is 32.2. The summed E-state index contributed by atoms with van der Waals surface area (Å²) < 4.78 is 26.3. The highest BCUT2D eigenvalue weighted by Gasteiger charge is 2.11. The van der Waals surface area contributed by atoms with Crippen LogP contribution in [0.25, 0.3) is 0 Å². The van der Waals surface area contributed by atoms with Crippen molar-refractivity contribution in [1.82, 2.24) is 14.7 Å². The van der Waals surface area contributed by atoms with Gasteiger partial charge in [0, 0.05) is 30.5 Å². The molecule has 1 heterocycles. The largest absolute Gasteiger partial charge is 0.399 e. The lowest BCUT2D eigenvalue weighted by Gasteiger charge is -2.06. The molecule has 0 fully saturated rings. The molecule has 0 atom stereocenters. The van der Waals surface area contributed by atoms with Gasteiger partial charge < -0.3 is 10.7 Å². The van der Waals surface area contributed by atoms with Gasteiger partial charge in [0.1, 0.15) is 0 Å². The van der Waals surface area contributed by atoms with Gasteiger partial charge in [-0.15, -0.1) is 0 Å². The van der Waals surface area contributed by atoms with Crippen LogP contribution in [0.5, 0.6) is 0 Å². The van der Waals surface area contributed by atoms with Crippen LogP contribution in [0.4, 0.5) is 5.69 Å². The molecule has 0 aliphatic rings. The second-order valence-corrected chi connectivity index (χ2v) is 6.03. The SMILES string of the molecule is Nc1cccc(CS(=O)(=O)NCCc2cnc[nH]2)c1. The molecule has 0 aliphatic heterocycles. The van der Waals surface area contributed by atoms with Crippen LogP contribution in [0.15, 0.2) is 36.8 Å². The Morgan fingerprint density at radius 3 is 2.89 bits per heavy atom. The molecule has 0 amide bonds. The van der Waals surface area contributed by atoms with E-state index < -0.39 is 10.0 Å². The summed E-state index contributed by atoms with van der Waals surface area (Å²) >= 11 is 0. The van der Waals surface area contributed by atoms with Crippen LogP contribution in [-0.4, -0.2) is 24.9 Å². The first-order valence-corrected chi connectivity index (χ1v) is 7.49. The summed E-state index contributed by atoms with van der Waals surface area (Å²) in [5.74, 6) is -0.0684. The van der Waals surface area contributed by atoms with Crippen molar-refractivity contribution in [3.8, 4) is 0 Å². The lowest BCUT2D eigenvalue weighted by molar-refractivity contribution is 0.580. The second kappa shape index (κ2) is 5.85. The molecule has 7 heteroatoms. The van der Waals surface area contributed by atoms with Crippen molar-refractivity contribution in [3.05, 3.63) is 48.0 Å². The van der Waals surface area contributed by atoms with Gasteiger partial charge in [0.15, 0.2) is 0 Å². The maximum Gasteiger partial charge on any atom is 0.215 e. The molecule has 2 rings (SSSR count). The highest BCUT2D eigenvalue weighted by molar-refractivity contribution is 7.88. The summed E-state index contributed by atoms with van der Waals surface area (Å²) in [6.07, 6.45) is 3.82. The number of sulfonamides is 1. The number of aromatic amines is 1. The van der Waals surface area contributed by atoms with E-state index in [1.807, 2.05) is 0 Å². The van der Waals surface area contributed by atoms with Crippen molar-refractivity contribution in [2.24, 2.45) is 0 Å². The van der Waals surface area contributed by atoms with E-state index in [1.165, 1.54) is 0 Å². The normalized spacial score (nSPS) is 11.6. The number of nitrogens with zero attached hydrogens (tertiary/aromatic N) is 1. The second-order valence-electron chi connectivity index (χ2n) is 4.23. The Morgan fingerprint density at radius 2 is 2.21 bits per heavy atom. The van der Waals surface area contributed by atoms with E-state index in [0.29, 0.717) is 24.2 Å². The summed E-state index contributed by atoms with van der Waals surface area (Å²) in [5, 5.41) is 0. The molecule has 19 heavy (non-hydrogen) atoms. The Labute approximate surface area is 112 Å². The first-order chi connectivity index (χ1) is 9.05. The van der Waals surface area contributed by atoms with Gasteiger partial charge in [-0.05, 0) is 17.7 Å². The zero-order valence-corrected chi connectivity index (χ0v) is 11.2. The van der Waals surface area contributed by atoms with E-state index in [2.05, 4.69) is 14.7 Å². The van der Waals surface area contributed by atoms with E-state index in [1.54, 1.807) is 36.8 Å².